The number of nitrogen functional groups attached to an aromatic ring is 1. The second-order valence-electron chi connectivity index (χ2n) is 2.57. The fourth-order valence-electron chi connectivity index (χ4n) is 1.11. The van der Waals surface area contributed by atoms with E-state index in [1.165, 1.54) is 12.1 Å². The number of hydrogen-bond acceptors (Lipinski definition) is 2. The highest BCUT2D eigenvalue weighted by molar-refractivity contribution is 5.79. The Kier molecular flexibility index (Phi) is 1.43. The Bertz CT molecular complexity index is 385. The number of nitrogens with two attached hydrogens (primary N) is 1. The molecule has 0 unspecified atom stereocenters. The quantitative estimate of drug-likeness (QED) is 0.643. The Morgan fingerprint density at radius 2 is 2.00 bits per heavy atom. The summed E-state index contributed by atoms with van der Waals surface area (Å²) < 4.78 is 12.7. The average molecular weight is 162 g/mol. The molecule has 1 aromatic heterocycles. The van der Waals surface area contributed by atoms with E-state index < -0.39 is 0 Å². The maximum atomic E-state index is 12.7. The largest absolute Gasteiger partial charge is 0.384 e. The van der Waals surface area contributed by atoms with Gasteiger partial charge in [0.2, 0.25) is 0 Å². The minimum absolute atomic E-state index is 0.255. The van der Waals surface area contributed by atoms with Crippen molar-refractivity contribution in [3.05, 3.63) is 36.1 Å². The Hall–Kier alpha value is -1.64. The van der Waals surface area contributed by atoms with Gasteiger partial charge in [-0.2, -0.15) is 0 Å². The molecule has 0 radical (unpaired) electrons. The molecule has 2 aromatic rings. The summed E-state index contributed by atoms with van der Waals surface area (Å²) in [6.45, 7) is 0. The number of anilines is 1. The average Bonchev–Trinajstić information content (AvgIpc) is 2.05. The van der Waals surface area contributed by atoms with Crippen molar-refractivity contribution >= 4 is 16.7 Å². The monoisotopic (exact) mass is 162 g/mol. The Morgan fingerprint density at radius 1 is 1.17 bits per heavy atom. The SMILES string of the molecule is Nc1ccc2cc(F)ccc2n1. The first-order chi connectivity index (χ1) is 5.75. The van der Waals surface area contributed by atoms with Gasteiger partial charge in [0.15, 0.2) is 0 Å². The molecule has 0 aliphatic carbocycles. The molecule has 1 heterocycles. The summed E-state index contributed by atoms with van der Waals surface area (Å²) in [5.41, 5.74) is 6.18. The maximum Gasteiger partial charge on any atom is 0.124 e. The van der Waals surface area contributed by atoms with Crippen LogP contribution in [-0.4, -0.2) is 4.98 Å². The summed E-state index contributed by atoms with van der Waals surface area (Å²) >= 11 is 0. The first-order valence-electron chi connectivity index (χ1n) is 3.57. The summed E-state index contributed by atoms with van der Waals surface area (Å²) in [5.74, 6) is 0.197. The van der Waals surface area contributed by atoms with E-state index >= 15 is 0 Å². The minimum atomic E-state index is -0.255. The van der Waals surface area contributed by atoms with Crippen molar-refractivity contribution in [2.45, 2.75) is 0 Å². The predicted molar refractivity (Wildman–Crippen MR) is 46.1 cm³/mol. The molecule has 0 aliphatic rings. The van der Waals surface area contributed by atoms with Gasteiger partial charge in [-0.3, -0.25) is 0 Å². The maximum absolute atomic E-state index is 12.7. The molecule has 0 bridgehead atoms. The zero-order valence-electron chi connectivity index (χ0n) is 6.29. The van der Waals surface area contributed by atoms with E-state index in [0.29, 0.717) is 5.82 Å². The lowest BCUT2D eigenvalue weighted by Gasteiger charge is -1.97. The highest BCUT2D eigenvalue weighted by Crippen LogP contribution is 2.14. The van der Waals surface area contributed by atoms with Crippen LogP contribution in [0.15, 0.2) is 30.3 Å². The van der Waals surface area contributed by atoms with E-state index in [2.05, 4.69) is 4.98 Å². The third-order valence-corrected chi connectivity index (χ3v) is 1.67. The standard InChI is InChI=1S/C9H7FN2/c10-7-2-3-8-6(5-7)1-4-9(11)12-8/h1-5H,(H2,11,12). The van der Waals surface area contributed by atoms with Crippen LogP contribution < -0.4 is 5.73 Å². The molecular weight excluding hydrogens is 155 g/mol. The van der Waals surface area contributed by atoms with Gasteiger partial charge in [0.25, 0.3) is 0 Å². The Labute approximate surface area is 68.8 Å². The normalized spacial score (nSPS) is 10.4. The van der Waals surface area contributed by atoms with Gasteiger partial charge in [-0.1, -0.05) is 0 Å². The number of nitrogens with zero attached hydrogens (tertiary/aromatic N) is 1. The Balaban J connectivity index is 2.79. The van der Waals surface area contributed by atoms with Crippen molar-refractivity contribution in [1.29, 1.82) is 0 Å². The van der Waals surface area contributed by atoms with E-state index in [9.17, 15) is 4.39 Å². The molecule has 60 valence electrons. The molecular formula is C9H7FN2. The number of pyridine rings is 1. The van der Waals surface area contributed by atoms with Crippen LogP contribution in [0.2, 0.25) is 0 Å². The van der Waals surface area contributed by atoms with Crippen molar-refractivity contribution in [1.82, 2.24) is 4.98 Å². The van der Waals surface area contributed by atoms with Crippen molar-refractivity contribution in [3.63, 3.8) is 0 Å². The van der Waals surface area contributed by atoms with E-state index in [0.717, 1.165) is 10.9 Å². The molecule has 0 saturated carbocycles. The lowest BCUT2D eigenvalue weighted by molar-refractivity contribution is 0.629. The summed E-state index contributed by atoms with van der Waals surface area (Å²) in [7, 11) is 0. The van der Waals surface area contributed by atoms with Crippen LogP contribution in [0.1, 0.15) is 0 Å². The molecule has 0 aliphatic heterocycles. The van der Waals surface area contributed by atoms with Crippen LogP contribution in [0, 0.1) is 5.82 Å². The first kappa shape index (κ1) is 7.03. The molecule has 0 saturated heterocycles. The first-order valence-corrected chi connectivity index (χ1v) is 3.57. The van der Waals surface area contributed by atoms with Gasteiger partial charge in [0, 0.05) is 5.39 Å². The fourth-order valence-corrected chi connectivity index (χ4v) is 1.11. The molecule has 1 aromatic carbocycles. The third-order valence-electron chi connectivity index (χ3n) is 1.67. The van der Waals surface area contributed by atoms with Crippen molar-refractivity contribution in [3.8, 4) is 0 Å². The summed E-state index contributed by atoms with van der Waals surface area (Å²) in [5, 5.41) is 0.768. The zero-order chi connectivity index (χ0) is 8.55. The van der Waals surface area contributed by atoms with E-state index in [1.54, 1.807) is 18.2 Å². The van der Waals surface area contributed by atoms with Crippen molar-refractivity contribution < 1.29 is 4.39 Å². The smallest absolute Gasteiger partial charge is 0.124 e. The summed E-state index contributed by atoms with van der Waals surface area (Å²) in [4.78, 5) is 4.03. The highest BCUT2D eigenvalue weighted by Gasteiger charge is 1.96. The molecule has 0 amide bonds. The van der Waals surface area contributed by atoms with E-state index in [4.69, 9.17) is 5.73 Å². The molecule has 0 spiro atoms. The summed E-state index contributed by atoms with van der Waals surface area (Å²) in [6.07, 6.45) is 0. The minimum Gasteiger partial charge on any atom is -0.384 e. The molecule has 3 heteroatoms. The second kappa shape index (κ2) is 2.44. The molecule has 2 N–H and O–H groups in total. The molecule has 0 atom stereocenters. The van der Waals surface area contributed by atoms with Gasteiger partial charge in [0.1, 0.15) is 11.6 Å². The Morgan fingerprint density at radius 3 is 2.83 bits per heavy atom. The predicted octanol–water partition coefficient (Wildman–Crippen LogP) is 1.96. The molecule has 12 heavy (non-hydrogen) atoms. The second-order valence-corrected chi connectivity index (χ2v) is 2.57. The molecule has 2 nitrogen and oxygen atoms in total. The van der Waals surface area contributed by atoms with Crippen LogP contribution in [0.4, 0.5) is 10.2 Å². The van der Waals surface area contributed by atoms with Gasteiger partial charge >= 0.3 is 0 Å². The number of benzene rings is 1. The van der Waals surface area contributed by atoms with E-state index in [1.807, 2.05) is 0 Å². The van der Waals surface area contributed by atoms with E-state index in [-0.39, 0.29) is 5.82 Å². The fraction of sp³-hybridized carbons (Fsp3) is 0. The zero-order valence-corrected chi connectivity index (χ0v) is 6.29. The van der Waals surface area contributed by atoms with Gasteiger partial charge in [0.05, 0.1) is 5.52 Å². The lowest BCUT2D eigenvalue weighted by Crippen LogP contribution is -1.89. The lowest BCUT2D eigenvalue weighted by atomic mass is 10.2. The van der Waals surface area contributed by atoms with Crippen LogP contribution >= 0.6 is 0 Å². The number of hydrogen-bond donors (Lipinski definition) is 1. The van der Waals surface area contributed by atoms with Crippen molar-refractivity contribution in [2.75, 3.05) is 5.73 Å². The van der Waals surface area contributed by atoms with Gasteiger partial charge < -0.3 is 5.73 Å². The van der Waals surface area contributed by atoms with Gasteiger partial charge in [-0.15, -0.1) is 0 Å². The summed E-state index contributed by atoms with van der Waals surface area (Å²) in [6, 6.07) is 7.82. The molecule has 0 fully saturated rings. The number of aromatic nitrogens is 1. The highest BCUT2D eigenvalue weighted by atomic mass is 19.1. The van der Waals surface area contributed by atoms with Gasteiger partial charge in [-0.25, -0.2) is 9.37 Å². The topological polar surface area (TPSA) is 38.9 Å². The van der Waals surface area contributed by atoms with Crippen LogP contribution in [0.5, 0.6) is 0 Å². The van der Waals surface area contributed by atoms with Crippen LogP contribution in [0.25, 0.3) is 10.9 Å². The third kappa shape index (κ3) is 1.09. The van der Waals surface area contributed by atoms with Crippen LogP contribution in [-0.2, 0) is 0 Å². The number of fused-ring (bicyclic) bond motifs is 1. The van der Waals surface area contributed by atoms with Crippen molar-refractivity contribution in [2.24, 2.45) is 0 Å². The number of rotatable bonds is 0. The molecule has 2 rings (SSSR count). The number of halogens is 1. The van der Waals surface area contributed by atoms with Crippen LogP contribution in [0.3, 0.4) is 0 Å². The van der Waals surface area contributed by atoms with Gasteiger partial charge in [-0.05, 0) is 30.3 Å².